The minimum absolute atomic E-state index is 0.0652. The van der Waals surface area contributed by atoms with Crippen LogP contribution in [0.15, 0.2) is 53.4 Å². The minimum Gasteiger partial charge on any atom is -0.352 e. The molecule has 1 aliphatic heterocycles. The van der Waals surface area contributed by atoms with Crippen LogP contribution in [-0.4, -0.2) is 54.0 Å². The van der Waals surface area contributed by atoms with Crippen molar-refractivity contribution < 1.29 is 22.8 Å². The Hall–Kier alpha value is -2.91. The maximum atomic E-state index is 13.3. The summed E-state index contributed by atoms with van der Waals surface area (Å²) in [7, 11) is -4.02. The lowest BCUT2D eigenvalue weighted by Crippen LogP contribution is -2.50. The summed E-state index contributed by atoms with van der Waals surface area (Å²) in [5.41, 5.74) is 0.813. The second-order valence-electron chi connectivity index (χ2n) is 8.27. The molecular formula is C24H28ClN3O5S. The van der Waals surface area contributed by atoms with E-state index in [-0.39, 0.29) is 41.9 Å². The van der Waals surface area contributed by atoms with Crippen LogP contribution in [0.25, 0.3) is 0 Å². The van der Waals surface area contributed by atoms with E-state index in [0.29, 0.717) is 5.02 Å². The van der Waals surface area contributed by atoms with Crippen LogP contribution in [-0.2, 0) is 26.2 Å². The number of halogens is 1. The molecule has 0 saturated carbocycles. The van der Waals surface area contributed by atoms with Crippen LogP contribution in [0, 0.1) is 0 Å². The van der Waals surface area contributed by atoms with E-state index in [4.69, 9.17) is 11.6 Å². The predicted molar refractivity (Wildman–Crippen MR) is 129 cm³/mol. The second-order valence-corrected chi connectivity index (χ2v) is 10.5. The van der Waals surface area contributed by atoms with Crippen LogP contribution in [0.4, 0.5) is 0 Å². The summed E-state index contributed by atoms with van der Waals surface area (Å²) in [5.74, 6) is -1.43. The number of sulfonamides is 1. The Bertz CT molecular complexity index is 1200. The number of benzene rings is 2. The zero-order valence-corrected chi connectivity index (χ0v) is 20.9. The van der Waals surface area contributed by atoms with Crippen molar-refractivity contribution in [3.8, 4) is 0 Å². The third-order valence-corrected chi connectivity index (χ3v) is 7.93. The van der Waals surface area contributed by atoms with Crippen molar-refractivity contribution in [2.45, 2.75) is 57.1 Å². The van der Waals surface area contributed by atoms with Crippen LogP contribution >= 0.6 is 11.6 Å². The summed E-state index contributed by atoms with van der Waals surface area (Å²) < 4.78 is 26.3. The number of hydrogen-bond acceptors (Lipinski definition) is 5. The number of hydrogen-bond donors (Lipinski definition) is 1. The van der Waals surface area contributed by atoms with Crippen LogP contribution in [0.2, 0.25) is 5.02 Å². The maximum absolute atomic E-state index is 13.3. The summed E-state index contributed by atoms with van der Waals surface area (Å²) in [6.07, 6.45) is 0.469. The molecule has 3 amide bonds. The highest BCUT2D eigenvalue weighted by molar-refractivity contribution is 7.90. The molecule has 2 aromatic carbocycles. The van der Waals surface area contributed by atoms with Gasteiger partial charge in [0.15, 0.2) is 0 Å². The smallest absolute Gasteiger partial charge is 0.269 e. The first kappa shape index (κ1) is 25.7. The van der Waals surface area contributed by atoms with E-state index < -0.39 is 27.9 Å². The average Bonchev–Trinajstić information content (AvgIpc) is 3.00. The molecule has 8 nitrogen and oxygen atoms in total. The largest absolute Gasteiger partial charge is 0.352 e. The molecule has 2 aromatic rings. The van der Waals surface area contributed by atoms with Gasteiger partial charge in [0.25, 0.3) is 15.9 Å². The first-order valence-corrected chi connectivity index (χ1v) is 12.9. The molecule has 182 valence electrons. The molecule has 2 atom stereocenters. The van der Waals surface area contributed by atoms with Crippen molar-refractivity contribution >= 4 is 39.3 Å². The molecule has 0 saturated heterocycles. The number of carbonyl (C=O) groups excluding carboxylic acids is 3. The Kier molecular flexibility index (Phi) is 7.99. The van der Waals surface area contributed by atoms with Gasteiger partial charge in [0, 0.05) is 30.6 Å². The molecule has 1 aliphatic rings. The Labute approximate surface area is 204 Å². The van der Waals surface area contributed by atoms with Crippen LogP contribution in [0.1, 0.15) is 49.5 Å². The lowest BCUT2D eigenvalue weighted by molar-refractivity contribution is -0.140. The van der Waals surface area contributed by atoms with Crippen molar-refractivity contribution in [2.75, 3.05) is 6.54 Å². The van der Waals surface area contributed by atoms with Crippen LogP contribution in [0.3, 0.4) is 0 Å². The van der Waals surface area contributed by atoms with Gasteiger partial charge in [-0.3, -0.25) is 14.4 Å². The molecule has 0 bridgehead atoms. The summed E-state index contributed by atoms with van der Waals surface area (Å²) in [4.78, 5) is 40.0. The molecule has 0 unspecified atom stereocenters. The second kappa shape index (κ2) is 10.6. The molecule has 0 aromatic heterocycles. The van der Waals surface area contributed by atoms with E-state index in [0.717, 1.165) is 16.3 Å². The highest BCUT2D eigenvalue weighted by Gasteiger charge is 2.41. The van der Waals surface area contributed by atoms with Crippen molar-refractivity contribution in [3.05, 3.63) is 64.7 Å². The number of nitrogens with one attached hydrogen (secondary N) is 1. The van der Waals surface area contributed by atoms with E-state index in [9.17, 15) is 22.8 Å². The van der Waals surface area contributed by atoms with Crippen molar-refractivity contribution in [3.63, 3.8) is 0 Å². The fraction of sp³-hybridized carbons (Fsp3) is 0.375. The highest BCUT2D eigenvalue weighted by Crippen LogP contribution is 2.30. The number of nitrogens with zero attached hydrogens (tertiary/aromatic N) is 2. The minimum atomic E-state index is -4.02. The maximum Gasteiger partial charge on any atom is 0.269 e. The summed E-state index contributed by atoms with van der Waals surface area (Å²) >= 11 is 6.08. The van der Waals surface area contributed by atoms with Gasteiger partial charge in [0.2, 0.25) is 11.8 Å². The third-order valence-electron chi connectivity index (χ3n) is 5.85. The molecule has 10 heteroatoms. The van der Waals surface area contributed by atoms with Crippen LogP contribution in [0.5, 0.6) is 0 Å². The molecule has 1 N–H and O–H groups in total. The van der Waals surface area contributed by atoms with Gasteiger partial charge in [0.1, 0.15) is 10.9 Å². The number of fused-ring (bicyclic) bond motifs is 1. The number of carbonyl (C=O) groups is 3. The SMILES string of the molecule is CC[C@H](C)NC(=O)[C@@H](C)N(Cc1cccc(Cl)c1)C(=O)CCN1C(=O)c2ccccc2S1(=O)=O. The first-order chi connectivity index (χ1) is 16.1. The molecule has 0 spiro atoms. The number of amides is 3. The van der Waals surface area contributed by atoms with Crippen molar-refractivity contribution in [1.29, 1.82) is 0 Å². The Morgan fingerprint density at radius 2 is 1.82 bits per heavy atom. The lowest BCUT2D eigenvalue weighted by atomic mass is 10.1. The molecule has 0 aliphatic carbocycles. The van der Waals surface area contributed by atoms with Crippen molar-refractivity contribution in [2.24, 2.45) is 0 Å². The molecule has 34 heavy (non-hydrogen) atoms. The zero-order chi connectivity index (χ0) is 25.0. The normalized spacial score (nSPS) is 16.0. The highest BCUT2D eigenvalue weighted by atomic mass is 35.5. The molecule has 0 radical (unpaired) electrons. The van der Waals surface area contributed by atoms with Gasteiger partial charge in [-0.2, -0.15) is 0 Å². The molecular weight excluding hydrogens is 478 g/mol. The van der Waals surface area contributed by atoms with E-state index in [2.05, 4.69) is 5.32 Å². The van der Waals surface area contributed by atoms with E-state index in [1.54, 1.807) is 43.3 Å². The Morgan fingerprint density at radius 1 is 1.12 bits per heavy atom. The van der Waals surface area contributed by atoms with E-state index in [1.807, 2.05) is 13.8 Å². The summed E-state index contributed by atoms with van der Waals surface area (Å²) in [5, 5.41) is 3.37. The summed E-state index contributed by atoms with van der Waals surface area (Å²) in [6.45, 7) is 5.22. The fourth-order valence-corrected chi connectivity index (χ4v) is 5.46. The lowest BCUT2D eigenvalue weighted by Gasteiger charge is -2.30. The fourth-order valence-electron chi connectivity index (χ4n) is 3.67. The van der Waals surface area contributed by atoms with Gasteiger partial charge in [-0.25, -0.2) is 12.7 Å². The Morgan fingerprint density at radius 3 is 2.47 bits per heavy atom. The van der Waals surface area contributed by atoms with E-state index in [1.165, 1.54) is 17.0 Å². The van der Waals surface area contributed by atoms with Gasteiger partial charge in [-0.05, 0) is 50.1 Å². The monoisotopic (exact) mass is 505 g/mol. The third kappa shape index (κ3) is 5.42. The van der Waals surface area contributed by atoms with Gasteiger partial charge in [0.05, 0.1) is 5.56 Å². The van der Waals surface area contributed by atoms with Gasteiger partial charge < -0.3 is 10.2 Å². The van der Waals surface area contributed by atoms with E-state index >= 15 is 0 Å². The average molecular weight is 506 g/mol. The molecule has 1 heterocycles. The summed E-state index contributed by atoms with van der Waals surface area (Å²) in [6, 6.07) is 12.0. The quantitative estimate of drug-likeness (QED) is 0.563. The molecule has 0 fully saturated rings. The van der Waals surface area contributed by atoms with Gasteiger partial charge in [-0.15, -0.1) is 0 Å². The first-order valence-electron chi connectivity index (χ1n) is 11.1. The van der Waals surface area contributed by atoms with Crippen LogP contribution < -0.4 is 5.32 Å². The zero-order valence-electron chi connectivity index (χ0n) is 19.3. The predicted octanol–water partition coefficient (Wildman–Crippen LogP) is 3.21. The van der Waals surface area contributed by atoms with Gasteiger partial charge in [-0.1, -0.05) is 42.8 Å². The van der Waals surface area contributed by atoms with Gasteiger partial charge >= 0.3 is 0 Å². The topological polar surface area (TPSA) is 104 Å². The molecule has 3 rings (SSSR count). The Balaban J connectivity index is 1.79. The number of rotatable bonds is 9. The van der Waals surface area contributed by atoms with Crippen molar-refractivity contribution in [1.82, 2.24) is 14.5 Å². The standard InChI is InChI=1S/C24H28ClN3O5S/c1-4-16(2)26-23(30)17(3)27(15-18-8-7-9-19(25)14-18)22(29)12-13-28-24(31)20-10-5-6-11-21(20)34(28,32)33/h5-11,14,16-17H,4,12-13,15H2,1-3H3,(H,26,30)/t16-,17+/m0/s1.